The van der Waals surface area contributed by atoms with E-state index in [0.717, 1.165) is 12.1 Å². The summed E-state index contributed by atoms with van der Waals surface area (Å²) in [6.45, 7) is 1.25. The second kappa shape index (κ2) is 5.91. The molecule has 110 valence electrons. The van der Waals surface area contributed by atoms with Crippen LogP contribution in [0, 0.1) is 0 Å². The van der Waals surface area contributed by atoms with E-state index in [1.165, 1.54) is 13.0 Å². The molecular weight excluding hydrogens is 281 g/mol. The lowest BCUT2D eigenvalue weighted by Crippen LogP contribution is -2.20. The van der Waals surface area contributed by atoms with Gasteiger partial charge in [-0.1, -0.05) is 12.1 Å². The molecule has 2 N–H and O–H groups in total. The summed E-state index contributed by atoms with van der Waals surface area (Å²) in [7, 11) is 0. The van der Waals surface area contributed by atoms with Gasteiger partial charge in [0.15, 0.2) is 6.10 Å². The number of carbonyl (C=O) groups is 2. The van der Waals surface area contributed by atoms with Crippen LogP contribution in [-0.2, 0) is 16.0 Å². The van der Waals surface area contributed by atoms with E-state index in [1.807, 2.05) is 0 Å². The van der Waals surface area contributed by atoms with E-state index >= 15 is 0 Å². The topological polar surface area (TPSA) is 83.8 Å². The quantitative estimate of drug-likeness (QED) is 0.865. The van der Waals surface area contributed by atoms with Crippen molar-refractivity contribution >= 4 is 11.8 Å². The van der Waals surface area contributed by atoms with E-state index in [2.05, 4.69) is 4.74 Å². The number of ketones is 1. The monoisotopic (exact) mass is 292 g/mol. The second-order valence-corrected chi connectivity index (χ2v) is 4.04. The van der Waals surface area contributed by atoms with Gasteiger partial charge in [-0.3, -0.25) is 4.79 Å². The van der Waals surface area contributed by atoms with Crippen LogP contribution in [0.15, 0.2) is 18.2 Å². The van der Waals surface area contributed by atoms with Crippen molar-refractivity contribution in [2.45, 2.75) is 25.8 Å². The molecule has 1 aromatic carbocycles. The van der Waals surface area contributed by atoms with Crippen molar-refractivity contribution in [3.63, 3.8) is 0 Å². The van der Waals surface area contributed by atoms with E-state index < -0.39 is 29.7 Å². The Morgan fingerprint density at radius 2 is 1.95 bits per heavy atom. The molecule has 8 heteroatoms. The fourth-order valence-corrected chi connectivity index (χ4v) is 1.55. The summed E-state index contributed by atoms with van der Waals surface area (Å²) in [5.41, 5.74) is -0.319. The highest BCUT2D eigenvalue weighted by Gasteiger charge is 2.34. The zero-order valence-electron chi connectivity index (χ0n) is 10.3. The Kier molecular flexibility index (Phi) is 4.72. The van der Waals surface area contributed by atoms with Gasteiger partial charge in [0.25, 0.3) is 0 Å². The molecule has 0 heterocycles. The maximum absolute atomic E-state index is 12.3. The summed E-state index contributed by atoms with van der Waals surface area (Å²) in [6, 6.07) is 3.13. The molecule has 1 unspecified atom stereocenters. The molecule has 0 aliphatic carbocycles. The van der Waals surface area contributed by atoms with Crippen LogP contribution in [-0.4, -0.2) is 28.3 Å². The number of rotatable bonds is 5. The molecule has 0 radical (unpaired) electrons. The minimum Gasteiger partial charge on any atom is -0.479 e. The molecule has 0 spiro atoms. The zero-order valence-corrected chi connectivity index (χ0v) is 10.3. The van der Waals surface area contributed by atoms with E-state index in [4.69, 9.17) is 5.11 Å². The van der Waals surface area contributed by atoms with Gasteiger partial charge in [-0.05, 0) is 18.6 Å². The van der Waals surface area contributed by atoms with Crippen molar-refractivity contribution in [2.24, 2.45) is 0 Å². The largest absolute Gasteiger partial charge is 0.573 e. The molecule has 0 aliphatic heterocycles. The number of halogens is 3. The van der Waals surface area contributed by atoms with E-state index in [1.54, 1.807) is 0 Å². The van der Waals surface area contributed by atoms with Crippen LogP contribution in [0.5, 0.6) is 5.75 Å². The first-order valence-corrected chi connectivity index (χ1v) is 5.39. The summed E-state index contributed by atoms with van der Waals surface area (Å²) < 4.78 is 40.5. The smallest absolute Gasteiger partial charge is 0.479 e. The van der Waals surface area contributed by atoms with Crippen molar-refractivity contribution in [1.82, 2.24) is 0 Å². The molecule has 5 nitrogen and oxygen atoms in total. The van der Waals surface area contributed by atoms with Crippen LogP contribution < -0.4 is 4.74 Å². The number of ether oxygens (including phenoxy) is 1. The number of aliphatic hydroxyl groups is 1. The molecule has 20 heavy (non-hydrogen) atoms. The van der Waals surface area contributed by atoms with Crippen LogP contribution in [0.1, 0.15) is 24.2 Å². The highest BCUT2D eigenvalue weighted by molar-refractivity contribution is 5.79. The molecule has 0 fully saturated rings. The average molecular weight is 292 g/mol. The number of aliphatic carboxylic acids is 1. The van der Waals surface area contributed by atoms with Crippen LogP contribution in [0.2, 0.25) is 0 Å². The Balaban J connectivity index is 3.22. The summed E-state index contributed by atoms with van der Waals surface area (Å²) >= 11 is 0. The van der Waals surface area contributed by atoms with Crippen LogP contribution in [0.3, 0.4) is 0 Å². The lowest BCUT2D eigenvalue weighted by atomic mass is 10.0. The number of carboxylic acid groups (broad SMARTS) is 1. The van der Waals surface area contributed by atoms with Gasteiger partial charge in [-0.15, -0.1) is 13.2 Å². The van der Waals surface area contributed by atoms with Gasteiger partial charge in [0.05, 0.1) is 0 Å². The van der Waals surface area contributed by atoms with Crippen molar-refractivity contribution in [2.75, 3.05) is 0 Å². The fraction of sp³-hybridized carbons (Fsp3) is 0.333. The Labute approximate surface area is 111 Å². The van der Waals surface area contributed by atoms with Crippen molar-refractivity contribution in [3.05, 3.63) is 29.3 Å². The summed E-state index contributed by atoms with van der Waals surface area (Å²) in [5, 5.41) is 18.0. The number of aliphatic hydroxyl groups excluding tert-OH is 1. The number of benzene rings is 1. The van der Waals surface area contributed by atoms with Gasteiger partial charge in [-0.25, -0.2) is 4.79 Å². The first-order valence-electron chi connectivity index (χ1n) is 5.39. The van der Waals surface area contributed by atoms with Gasteiger partial charge < -0.3 is 14.9 Å². The number of Topliss-reactive ketones (excluding diaryl/α,β-unsaturated/α-hetero) is 1. The van der Waals surface area contributed by atoms with Gasteiger partial charge in [0.1, 0.15) is 11.5 Å². The van der Waals surface area contributed by atoms with E-state index in [9.17, 15) is 27.9 Å². The van der Waals surface area contributed by atoms with Gasteiger partial charge >= 0.3 is 12.3 Å². The van der Waals surface area contributed by atoms with Crippen LogP contribution in [0.25, 0.3) is 0 Å². The molecule has 0 amide bonds. The first kappa shape index (κ1) is 16.0. The number of alkyl halides is 3. The molecule has 0 aliphatic rings. The van der Waals surface area contributed by atoms with Gasteiger partial charge in [-0.2, -0.15) is 0 Å². The predicted octanol–water partition coefficient (Wildman–Crippen LogP) is 1.83. The average Bonchev–Trinajstić information content (AvgIpc) is 2.25. The molecule has 1 atom stereocenters. The minimum absolute atomic E-state index is 0.127. The Bertz CT molecular complexity index is 524. The number of hydrogen-bond acceptors (Lipinski definition) is 4. The molecular formula is C12H11F3O5. The van der Waals surface area contributed by atoms with Crippen molar-refractivity contribution < 1.29 is 37.7 Å². The molecule has 1 rings (SSSR count). The molecule has 1 aromatic rings. The molecule has 0 aromatic heterocycles. The highest BCUT2D eigenvalue weighted by atomic mass is 19.4. The Morgan fingerprint density at radius 3 is 2.40 bits per heavy atom. The second-order valence-electron chi connectivity index (χ2n) is 4.04. The number of carboxylic acids is 1. The summed E-state index contributed by atoms with van der Waals surface area (Å²) in [5.74, 6) is -2.84. The van der Waals surface area contributed by atoms with E-state index in [-0.39, 0.29) is 17.8 Å². The van der Waals surface area contributed by atoms with Crippen molar-refractivity contribution in [1.29, 1.82) is 0 Å². The van der Waals surface area contributed by atoms with Crippen LogP contribution in [0.4, 0.5) is 13.2 Å². The lowest BCUT2D eigenvalue weighted by molar-refractivity contribution is -0.275. The van der Waals surface area contributed by atoms with Gasteiger partial charge in [0, 0.05) is 12.0 Å². The predicted molar refractivity (Wildman–Crippen MR) is 60.1 cm³/mol. The SMILES string of the molecule is CC(=O)Cc1ccc(C(O)C(=O)O)c(OC(F)(F)F)c1. The highest BCUT2D eigenvalue weighted by Crippen LogP contribution is 2.31. The lowest BCUT2D eigenvalue weighted by Gasteiger charge is -2.16. The maximum Gasteiger partial charge on any atom is 0.573 e. The maximum atomic E-state index is 12.3. The Hall–Kier alpha value is -2.09. The molecule has 0 bridgehead atoms. The van der Waals surface area contributed by atoms with Crippen LogP contribution >= 0.6 is 0 Å². The van der Waals surface area contributed by atoms with Crippen molar-refractivity contribution in [3.8, 4) is 5.75 Å². The normalized spacial score (nSPS) is 12.8. The molecule has 0 saturated heterocycles. The summed E-state index contributed by atoms with van der Waals surface area (Å²) in [4.78, 5) is 21.6. The molecule has 0 saturated carbocycles. The third-order valence-electron chi connectivity index (χ3n) is 2.29. The van der Waals surface area contributed by atoms with E-state index in [0.29, 0.717) is 0 Å². The standard InChI is InChI=1S/C12H11F3O5/c1-6(16)4-7-2-3-8(10(17)11(18)19)9(5-7)20-12(13,14)15/h2-3,5,10,17H,4H2,1H3,(H,18,19). The number of carbonyl (C=O) groups excluding carboxylic acids is 1. The number of hydrogen-bond donors (Lipinski definition) is 2. The summed E-state index contributed by atoms with van der Waals surface area (Å²) in [6.07, 6.45) is -7.32. The Morgan fingerprint density at radius 1 is 1.35 bits per heavy atom. The third kappa shape index (κ3) is 4.54. The third-order valence-corrected chi connectivity index (χ3v) is 2.29. The van der Waals surface area contributed by atoms with Gasteiger partial charge in [0.2, 0.25) is 0 Å². The fourth-order valence-electron chi connectivity index (χ4n) is 1.55. The first-order chi connectivity index (χ1) is 9.10. The minimum atomic E-state index is -5.04. The zero-order chi connectivity index (χ0) is 15.5.